The van der Waals surface area contributed by atoms with Crippen molar-refractivity contribution in [1.82, 2.24) is 5.32 Å². The maximum atomic E-state index is 12.2. The van der Waals surface area contributed by atoms with Crippen LogP contribution in [-0.2, 0) is 21.1 Å². The van der Waals surface area contributed by atoms with Crippen molar-refractivity contribution in [3.8, 4) is 0 Å². The van der Waals surface area contributed by atoms with Gasteiger partial charge in [0.1, 0.15) is 0 Å². The molecule has 0 spiro atoms. The lowest BCUT2D eigenvalue weighted by molar-refractivity contribution is -0.120. The van der Waals surface area contributed by atoms with Crippen LogP contribution in [0, 0.1) is 6.92 Å². The minimum atomic E-state index is -3.42. The summed E-state index contributed by atoms with van der Waals surface area (Å²) in [5, 5.41) is 2.73. The summed E-state index contributed by atoms with van der Waals surface area (Å²) >= 11 is 7.31. The van der Waals surface area contributed by atoms with Crippen molar-refractivity contribution >= 4 is 38.7 Å². The minimum Gasteiger partial charge on any atom is -0.356 e. The van der Waals surface area contributed by atoms with E-state index in [1.165, 1.54) is 11.3 Å². The average Bonchev–Trinajstić information content (AvgIpc) is 2.91. The number of hydrogen-bond acceptors (Lipinski definition) is 4. The summed E-state index contributed by atoms with van der Waals surface area (Å²) in [5.41, 5.74) is 0.996. The molecule has 1 amide bonds. The van der Waals surface area contributed by atoms with Crippen molar-refractivity contribution in [3.63, 3.8) is 0 Å². The van der Waals surface area contributed by atoms with Gasteiger partial charge < -0.3 is 5.32 Å². The molecule has 1 aromatic carbocycles. The van der Waals surface area contributed by atoms with Crippen LogP contribution < -0.4 is 5.32 Å². The molecular weight excluding hydrogens is 354 g/mol. The van der Waals surface area contributed by atoms with Gasteiger partial charge in [0.05, 0.1) is 15.0 Å². The summed E-state index contributed by atoms with van der Waals surface area (Å²) in [6.07, 6.45) is 0.648. The lowest BCUT2D eigenvalue weighted by Crippen LogP contribution is -2.27. The lowest BCUT2D eigenvalue weighted by Gasteiger charge is -2.06. The number of sulfone groups is 1. The van der Waals surface area contributed by atoms with Crippen molar-refractivity contribution in [1.29, 1.82) is 0 Å². The summed E-state index contributed by atoms with van der Waals surface area (Å²) in [6.45, 7) is 2.37. The first-order chi connectivity index (χ1) is 10.9. The summed E-state index contributed by atoms with van der Waals surface area (Å²) in [6, 6.07) is 10.4. The quantitative estimate of drug-likeness (QED) is 0.812. The number of benzene rings is 1. The number of amides is 1. The SMILES string of the molecule is Cc1ccc(S(=O)(=O)CCC(=O)NCCc2ccc(Cl)s2)cc1. The molecular formula is C16H18ClNO3S2. The predicted molar refractivity (Wildman–Crippen MR) is 93.9 cm³/mol. The summed E-state index contributed by atoms with van der Waals surface area (Å²) in [4.78, 5) is 13.1. The molecule has 0 saturated heterocycles. The van der Waals surface area contributed by atoms with Gasteiger partial charge in [0.2, 0.25) is 5.91 Å². The Morgan fingerprint density at radius 3 is 2.48 bits per heavy atom. The van der Waals surface area contributed by atoms with Crippen molar-refractivity contribution in [2.24, 2.45) is 0 Å². The second kappa shape index (κ2) is 7.95. The third-order valence-electron chi connectivity index (χ3n) is 3.30. The van der Waals surface area contributed by atoms with E-state index in [9.17, 15) is 13.2 Å². The molecule has 1 N–H and O–H groups in total. The van der Waals surface area contributed by atoms with Crippen molar-refractivity contribution in [3.05, 3.63) is 51.2 Å². The Morgan fingerprint density at radius 2 is 1.87 bits per heavy atom. The summed E-state index contributed by atoms with van der Waals surface area (Å²) in [5.74, 6) is -0.449. The van der Waals surface area contributed by atoms with Gasteiger partial charge in [-0.1, -0.05) is 29.3 Å². The topological polar surface area (TPSA) is 63.2 Å². The average molecular weight is 372 g/mol. The molecule has 23 heavy (non-hydrogen) atoms. The third-order valence-corrected chi connectivity index (χ3v) is 6.32. The Bertz CT molecular complexity index is 767. The first-order valence-corrected chi connectivity index (χ1v) is 10.0. The zero-order valence-corrected chi connectivity index (χ0v) is 15.1. The van der Waals surface area contributed by atoms with E-state index < -0.39 is 9.84 Å². The van der Waals surface area contributed by atoms with Crippen LogP contribution >= 0.6 is 22.9 Å². The van der Waals surface area contributed by atoms with Gasteiger partial charge in [-0.25, -0.2) is 8.42 Å². The number of thiophene rings is 1. The standard InChI is InChI=1S/C16H18ClNO3S2/c1-12-2-5-14(6-3-12)23(20,21)11-9-16(19)18-10-8-13-4-7-15(17)22-13/h2-7H,8-11H2,1H3,(H,18,19). The van der Waals surface area contributed by atoms with Crippen molar-refractivity contribution in [2.45, 2.75) is 24.7 Å². The van der Waals surface area contributed by atoms with Crippen LogP contribution in [0.25, 0.3) is 0 Å². The fraction of sp³-hybridized carbons (Fsp3) is 0.312. The van der Waals surface area contributed by atoms with E-state index in [4.69, 9.17) is 11.6 Å². The highest BCUT2D eigenvalue weighted by Gasteiger charge is 2.16. The summed E-state index contributed by atoms with van der Waals surface area (Å²) < 4.78 is 25.0. The van der Waals surface area contributed by atoms with E-state index in [1.807, 2.05) is 19.1 Å². The molecule has 0 aliphatic heterocycles. The van der Waals surface area contributed by atoms with Crippen LogP contribution in [0.15, 0.2) is 41.3 Å². The van der Waals surface area contributed by atoms with Crippen molar-refractivity contribution < 1.29 is 13.2 Å². The molecule has 124 valence electrons. The number of carbonyl (C=O) groups is 1. The number of halogens is 1. The van der Waals surface area contributed by atoms with E-state index in [2.05, 4.69) is 5.32 Å². The van der Waals surface area contributed by atoms with E-state index in [-0.39, 0.29) is 23.0 Å². The van der Waals surface area contributed by atoms with Gasteiger partial charge in [-0.15, -0.1) is 11.3 Å². The van der Waals surface area contributed by atoms with E-state index in [0.29, 0.717) is 13.0 Å². The highest BCUT2D eigenvalue weighted by atomic mass is 35.5. The predicted octanol–water partition coefficient (Wildman–Crippen LogP) is 3.23. The second-order valence-corrected chi connectivity index (χ2v) is 9.10. The molecule has 0 radical (unpaired) electrons. The Kier molecular flexibility index (Phi) is 6.21. The Hall–Kier alpha value is -1.37. The maximum absolute atomic E-state index is 12.2. The number of rotatable bonds is 7. The molecule has 0 saturated carbocycles. The molecule has 0 fully saturated rings. The van der Waals surface area contributed by atoms with E-state index in [1.54, 1.807) is 24.3 Å². The zero-order chi connectivity index (χ0) is 16.9. The second-order valence-electron chi connectivity index (χ2n) is 5.19. The molecule has 0 bridgehead atoms. The largest absolute Gasteiger partial charge is 0.356 e. The molecule has 2 aromatic rings. The van der Waals surface area contributed by atoms with Crippen LogP contribution in [0.3, 0.4) is 0 Å². The number of carbonyl (C=O) groups excluding carboxylic acids is 1. The van der Waals surface area contributed by atoms with Crippen LogP contribution in [0.4, 0.5) is 0 Å². The molecule has 0 atom stereocenters. The highest BCUT2D eigenvalue weighted by molar-refractivity contribution is 7.91. The molecule has 1 aromatic heterocycles. The molecule has 2 rings (SSSR count). The summed E-state index contributed by atoms with van der Waals surface area (Å²) in [7, 11) is -3.42. The monoisotopic (exact) mass is 371 g/mol. The van der Waals surface area contributed by atoms with E-state index in [0.717, 1.165) is 14.8 Å². The fourth-order valence-corrected chi connectivity index (χ4v) is 4.32. The Morgan fingerprint density at radius 1 is 1.17 bits per heavy atom. The van der Waals surface area contributed by atoms with Crippen LogP contribution in [0.1, 0.15) is 16.9 Å². The fourth-order valence-electron chi connectivity index (χ4n) is 1.99. The third kappa shape index (κ3) is 5.64. The van der Waals surface area contributed by atoms with Gasteiger partial charge in [0.25, 0.3) is 0 Å². The zero-order valence-electron chi connectivity index (χ0n) is 12.7. The molecule has 7 heteroatoms. The lowest BCUT2D eigenvalue weighted by atomic mass is 10.2. The minimum absolute atomic E-state index is 0.0403. The van der Waals surface area contributed by atoms with E-state index >= 15 is 0 Å². The van der Waals surface area contributed by atoms with Gasteiger partial charge in [-0.3, -0.25) is 4.79 Å². The van der Waals surface area contributed by atoms with Gasteiger partial charge in [-0.2, -0.15) is 0 Å². The molecule has 4 nitrogen and oxygen atoms in total. The molecule has 1 heterocycles. The van der Waals surface area contributed by atoms with Crippen LogP contribution in [0.5, 0.6) is 0 Å². The van der Waals surface area contributed by atoms with Crippen LogP contribution in [-0.4, -0.2) is 26.6 Å². The smallest absolute Gasteiger partial charge is 0.221 e. The number of hydrogen-bond donors (Lipinski definition) is 1. The van der Waals surface area contributed by atoms with Gasteiger partial charge >= 0.3 is 0 Å². The Labute approximate surface area is 145 Å². The number of aryl methyl sites for hydroxylation is 1. The number of nitrogens with one attached hydrogen (secondary N) is 1. The van der Waals surface area contributed by atoms with Crippen molar-refractivity contribution in [2.75, 3.05) is 12.3 Å². The first kappa shape index (κ1) is 18.0. The maximum Gasteiger partial charge on any atom is 0.221 e. The Balaban J connectivity index is 1.78. The molecule has 0 unspecified atom stereocenters. The molecule has 0 aliphatic rings. The normalized spacial score (nSPS) is 11.4. The molecule has 0 aliphatic carbocycles. The van der Waals surface area contributed by atoms with Gasteiger partial charge in [-0.05, 0) is 37.6 Å². The van der Waals surface area contributed by atoms with Gasteiger partial charge in [0, 0.05) is 17.8 Å². The first-order valence-electron chi connectivity index (χ1n) is 7.17. The van der Waals surface area contributed by atoms with Gasteiger partial charge in [0.15, 0.2) is 9.84 Å². The van der Waals surface area contributed by atoms with Crippen LogP contribution in [0.2, 0.25) is 4.34 Å². The highest BCUT2D eigenvalue weighted by Crippen LogP contribution is 2.21.